The molecule has 4 fully saturated rings. The van der Waals surface area contributed by atoms with Gasteiger partial charge in [0, 0.05) is 17.4 Å². The Morgan fingerprint density at radius 1 is 1.16 bits per heavy atom. The summed E-state index contributed by atoms with van der Waals surface area (Å²) in [7, 11) is 0. The Balaban J connectivity index is 1.39. The van der Waals surface area contributed by atoms with Gasteiger partial charge in [-0.1, -0.05) is 0 Å². The van der Waals surface area contributed by atoms with Crippen LogP contribution in [-0.2, 0) is 11.3 Å². The Morgan fingerprint density at radius 3 is 2.43 bits per heavy atom. The maximum absolute atomic E-state index is 13.6. The summed E-state index contributed by atoms with van der Waals surface area (Å²) >= 11 is 0. The second-order valence-corrected chi connectivity index (χ2v) is 11.4. The molecule has 0 aliphatic heterocycles. The topological polar surface area (TPSA) is 104 Å². The fraction of sp³-hybridized carbons (Fsp3) is 0.571. The van der Waals surface area contributed by atoms with Crippen molar-refractivity contribution in [3.8, 4) is 0 Å². The lowest BCUT2D eigenvalue weighted by Gasteiger charge is -2.58. The SMILES string of the molecule is Cc1cc(NC(=O)c2c(C)c(C(O)C(=O)NC3C4CC5CC3CC(O)(C5)C4)n(CCF)c2C)ccc1F. The molecule has 1 heterocycles. The second kappa shape index (κ2) is 9.51. The first-order valence-electron chi connectivity index (χ1n) is 13.0. The first kappa shape index (κ1) is 25.9. The molecule has 9 heteroatoms. The van der Waals surface area contributed by atoms with E-state index in [1.54, 1.807) is 20.8 Å². The summed E-state index contributed by atoms with van der Waals surface area (Å²) in [5, 5.41) is 27.8. The fourth-order valence-corrected chi connectivity index (χ4v) is 7.48. The molecule has 1 aromatic heterocycles. The molecule has 0 spiro atoms. The van der Waals surface area contributed by atoms with E-state index in [9.17, 15) is 28.6 Å². The fourth-order valence-electron chi connectivity index (χ4n) is 7.48. The molecule has 0 saturated heterocycles. The van der Waals surface area contributed by atoms with Gasteiger partial charge in [0.2, 0.25) is 0 Å². The smallest absolute Gasteiger partial charge is 0.257 e. The van der Waals surface area contributed by atoms with Crippen molar-refractivity contribution >= 4 is 17.5 Å². The highest BCUT2D eigenvalue weighted by atomic mass is 19.1. The Hall–Kier alpha value is -2.78. The molecular formula is C28H35F2N3O4. The Bertz CT molecular complexity index is 1230. The molecule has 4 aliphatic carbocycles. The van der Waals surface area contributed by atoms with Crippen LogP contribution in [0, 0.1) is 44.3 Å². The monoisotopic (exact) mass is 515 g/mol. The van der Waals surface area contributed by atoms with Crippen LogP contribution in [0.15, 0.2) is 18.2 Å². The maximum atomic E-state index is 13.6. The van der Waals surface area contributed by atoms with E-state index >= 15 is 0 Å². The first-order chi connectivity index (χ1) is 17.5. The molecule has 3 unspecified atom stereocenters. The van der Waals surface area contributed by atoms with Gasteiger partial charge in [0.15, 0.2) is 6.10 Å². The zero-order valence-corrected chi connectivity index (χ0v) is 21.5. The molecule has 4 aliphatic rings. The number of aryl methyl sites for hydroxylation is 1. The molecule has 4 saturated carbocycles. The summed E-state index contributed by atoms with van der Waals surface area (Å²) in [6.07, 6.45) is 2.49. The number of aliphatic hydroxyl groups excluding tert-OH is 1. The Kier molecular flexibility index (Phi) is 6.64. The zero-order chi connectivity index (χ0) is 26.6. The van der Waals surface area contributed by atoms with E-state index in [1.165, 1.54) is 22.8 Å². The van der Waals surface area contributed by atoms with Gasteiger partial charge in [0.1, 0.15) is 12.5 Å². The highest BCUT2D eigenvalue weighted by molar-refractivity contribution is 6.06. The predicted molar refractivity (Wildman–Crippen MR) is 134 cm³/mol. The summed E-state index contributed by atoms with van der Waals surface area (Å²) in [4.78, 5) is 26.5. The largest absolute Gasteiger partial charge is 0.390 e. The summed E-state index contributed by atoms with van der Waals surface area (Å²) < 4.78 is 28.7. The van der Waals surface area contributed by atoms with Gasteiger partial charge in [0.25, 0.3) is 11.8 Å². The molecule has 4 bridgehead atoms. The van der Waals surface area contributed by atoms with Crippen molar-refractivity contribution < 1.29 is 28.6 Å². The van der Waals surface area contributed by atoms with Gasteiger partial charge in [-0.2, -0.15) is 0 Å². The minimum atomic E-state index is -1.58. The van der Waals surface area contributed by atoms with Crippen molar-refractivity contribution in [3.05, 3.63) is 52.1 Å². The first-order valence-corrected chi connectivity index (χ1v) is 13.0. The molecule has 200 valence electrons. The van der Waals surface area contributed by atoms with Crippen LogP contribution >= 0.6 is 0 Å². The third-order valence-corrected chi connectivity index (χ3v) is 8.82. The molecule has 1 aromatic carbocycles. The van der Waals surface area contributed by atoms with E-state index in [1.807, 2.05) is 0 Å². The number of amides is 2. The Labute approximate surface area is 215 Å². The normalized spacial score (nSPS) is 28.8. The summed E-state index contributed by atoms with van der Waals surface area (Å²) in [6.45, 7) is 4.03. The lowest BCUT2D eigenvalue weighted by molar-refractivity contribution is -0.150. The molecule has 2 amide bonds. The van der Waals surface area contributed by atoms with Crippen LogP contribution in [0.3, 0.4) is 0 Å². The summed E-state index contributed by atoms with van der Waals surface area (Å²) in [6, 6.07) is 4.12. The van der Waals surface area contributed by atoms with Crippen LogP contribution in [0.4, 0.5) is 14.5 Å². The molecule has 3 atom stereocenters. The zero-order valence-electron chi connectivity index (χ0n) is 21.5. The van der Waals surface area contributed by atoms with Crippen LogP contribution in [0.25, 0.3) is 0 Å². The highest BCUT2D eigenvalue weighted by Crippen LogP contribution is 2.55. The average molecular weight is 516 g/mol. The number of carbonyl (C=O) groups excluding carboxylic acids is 2. The number of aliphatic hydroxyl groups is 2. The van der Waals surface area contributed by atoms with E-state index in [0.717, 1.165) is 19.3 Å². The molecule has 6 rings (SSSR count). The van der Waals surface area contributed by atoms with Gasteiger partial charge in [-0.3, -0.25) is 9.59 Å². The van der Waals surface area contributed by atoms with Gasteiger partial charge in [-0.05, 0) is 100.0 Å². The highest BCUT2D eigenvalue weighted by Gasteiger charge is 2.55. The van der Waals surface area contributed by atoms with Crippen molar-refractivity contribution in [1.29, 1.82) is 0 Å². The number of halogens is 2. The number of nitrogens with zero attached hydrogens (tertiary/aromatic N) is 1. The maximum Gasteiger partial charge on any atom is 0.257 e. The number of benzene rings is 1. The third kappa shape index (κ3) is 4.56. The summed E-state index contributed by atoms with van der Waals surface area (Å²) in [5.41, 5.74) is 1.42. The van der Waals surface area contributed by atoms with Crippen LogP contribution in [0.5, 0.6) is 0 Å². The number of hydrogen-bond donors (Lipinski definition) is 4. The lowest BCUT2D eigenvalue weighted by Crippen LogP contribution is -2.62. The quantitative estimate of drug-likeness (QED) is 0.450. The van der Waals surface area contributed by atoms with Gasteiger partial charge >= 0.3 is 0 Å². The number of nitrogens with one attached hydrogen (secondary N) is 2. The minimum absolute atomic E-state index is 0.112. The van der Waals surface area contributed by atoms with E-state index in [0.29, 0.717) is 41.3 Å². The van der Waals surface area contributed by atoms with Crippen molar-refractivity contribution in [2.45, 2.75) is 77.2 Å². The average Bonchev–Trinajstić information content (AvgIpc) is 3.06. The van der Waals surface area contributed by atoms with E-state index < -0.39 is 30.2 Å². The van der Waals surface area contributed by atoms with Gasteiger partial charge in [-0.15, -0.1) is 0 Å². The third-order valence-electron chi connectivity index (χ3n) is 8.82. The number of hydrogen-bond acceptors (Lipinski definition) is 4. The second-order valence-electron chi connectivity index (χ2n) is 11.4. The van der Waals surface area contributed by atoms with Gasteiger partial charge in [0.05, 0.1) is 23.4 Å². The van der Waals surface area contributed by atoms with Crippen molar-refractivity contribution in [2.75, 3.05) is 12.0 Å². The minimum Gasteiger partial charge on any atom is -0.390 e. The van der Waals surface area contributed by atoms with Gasteiger partial charge < -0.3 is 25.4 Å². The molecule has 2 aromatic rings. The van der Waals surface area contributed by atoms with Crippen LogP contribution in [0.1, 0.15) is 71.1 Å². The molecule has 4 N–H and O–H groups in total. The van der Waals surface area contributed by atoms with E-state index in [-0.39, 0.29) is 41.5 Å². The summed E-state index contributed by atoms with van der Waals surface area (Å²) in [5.74, 6) is -0.614. The standard InChI is InChI=1S/C28H35F2N3O4/c1-14-8-20(4-5-21(14)30)31-26(35)22-15(2)24(33(7-6-29)16(22)3)25(34)27(36)32-23-18-9-17-10-19(23)13-28(37,11-17)12-18/h4-5,8,17-19,23,25,34,37H,6-7,9-13H2,1-3H3,(H,31,35)(H,32,36). The molecule has 7 nitrogen and oxygen atoms in total. The number of aromatic nitrogens is 1. The lowest BCUT2D eigenvalue weighted by atomic mass is 9.52. The number of alkyl halides is 1. The van der Waals surface area contributed by atoms with Gasteiger partial charge in [-0.25, -0.2) is 8.78 Å². The number of anilines is 1. The van der Waals surface area contributed by atoms with Crippen LogP contribution in [-0.4, -0.2) is 44.9 Å². The van der Waals surface area contributed by atoms with Crippen LogP contribution in [0.2, 0.25) is 0 Å². The van der Waals surface area contributed by atoms with Crippen LogP contribution < -0.4 is 10.6 Å². The number of rotatable bonds is 7. The molecular weight excluding hydrogens is 480 g/mol. The Morgan fingerprint density at radius 2 is 1.84 bits per heavy atom. The number of carbonyl (C=O) groups is 2. The van der Waals surface area contributed by atoms with E-state index in [2.05, 4.69) is 10.6 Å². The molecule has 37 heavy (non-hydrogen) atoms. The van der Waals surface area contributed by atoms with Crippen molar-refractivity contribution in [1.82, 2.24) is 9.88 Å². The van der Waals surface area contributed by atoms with Crippen molar-refractivity contribution in [2.24, 2.45) is 17.8 Å². The molecule has 0 radical (unpaired) electrons. The van der Waals surface area contributed by atoms with Crippen molar-refractivity contribution in [3.63, 3.8) is 0 Å². The van der Waals surface area contributed by atoms with E-state index in [4.69, 9.17) is 0 Å². The predicted octanol–water partition coefficient (Wildman–Crippen LogP) is 3.86.